The fourth-order valence-corrected chi connectivity index (χ4v) is 2.20. The van der Waals surface area contributed by atoms with Crippen molar-refractivity contribution in [2.75, 3.05) is 6.61 Å². The van der Waals surface area contributed by atoms with Crippen LogP contribution in [-0.2, 0) is 12.6 Å². The zero-order valence-electron chi connectivity index (χ0n) is 8.61. The van der Waals surface area contributed by atoms with Gasteiger partial charge in [-0.1, -0.05) is 22.0 Å². The van der Waals surface area contributed by atoms with Gasteiger partial charge < -0.3 is 10.1 Å². The van der Waals surface area contributed by atoms with Gasteiger partial charge in [0.15, 0.2) is 0 Å². The van der Waals surface area contributed by atoms with Crippen molar-refractivity contribution in [3.05, 3.63) is 33.9 Å². The van der Waals surface area contributed by atoms with Crippen molar-refractivity contribution in [3.63, 3.8) is 0 Å². The molecule has 0 saturated carbocycles. The summed E-state index contributed by atoms with van der Waals surface area (Å²) in [6.07, 6.45) is -4.45. The highest BCUT2D eigenvalue weighted by Gasteiger charge is 2.36. The third-order valence-electron chi connectivity index (χ3n) is 2.51. The number of hydrogen-bond acceptors (Lipinski definition) is 1. The van der Waals surface area contributed by atoms with Crippen molar-refractivity contribution in [2.45, 2.75) is 12.6 Å². The molecule has 6 heteroatoms. The molecule has 0 aliphatic heterocycles. The maximum absolute atomic E-state index is 12.8. The second kappa shape index (κ2) is 4.34. The highest BCUT2D eigenvalue weighted by molar-refractivity contribution is 9.10. The van der Waals surface area contributed by atoms with Gasteiger partial charge in [0.2, 0.25) is 0 Å². The highest BCUT2D eigenvalue weighted by Crippen LogP contribution is 2.36. The van der Waals surface area contributed by atoms with E-state index in [2.05, 4.69) is 20.9 Å². The van der Waals surface area contributed by atoms with E-state index in [0.717, 1.165) is 0 Å². The standard InChI is InChI=1S/C11H9BrF3NO/c12-6-1-2-7-8(3-4-17)10(11(13,14)15)16-9(7)5-6/h1-2,5,16-17H,3-4H2. The summed E-state index contributed by atoms with van der Waals surface area (Å²) in [5, 5.41) is 9.35. The molecule has 0 fully saturated rings. The normalized spacial score (nSPS) is 12.3. The van der Waals surface area contributed by atoms with E-state index in [0.29, 0.717) is 15.4 Å². The molecule has 1 aromatic heterocycles. The zero-order chi connectivity index (χ0) is 12.6. The summed E-state index contributed by atoms with van der Waals surface area (Å²) in [6, 6.07) is 4.87. The van der Waals surface area contributed by atoms with E-state index in [9.17, 15) is 13.2 Å². The molecule has 0 atom stereocenters. The first kappa shape index (κ1) is 12.4. The number of halogens is 4. The number of aliphatic hydroxyl groups excluding tert-OH is 1. The number of hydrogen-bond donors (Lipinski definition) is 2. The van der Waals surface area contributed by atoms with Gasteiger partial charge in [-0.3, -0.25) is 0 Å². The van der Waals surface area contributed by atoms with Crippen LogP contribution in [0.15, 0.2) is 22.7 Å². The van der Waals surface area contributed by atoms with E-state index in [4.69, 9.17) is 5.11 Å². The zero-order valence-corrected chi connectivity index (χ0v) is 10.2. The molecular formula is C11H9BrF3NO. The molecular weight excluding hydrogens is 299 g/mol. The van der Waals surface area contributed by atoms with Crippen LogP contribution in [0, 0.1) is 0 Å². The van der Waals surface area contributed by atoms with E-state index in [1.54, 1.807) is 18.2 Å². The Bertz CT molecular complexity index is 547. The van der Waals surface area contributed by atoms with Crippen LogP contribution >= 0.6 is 15.9 Å². The minimum Gasteiger partial charge on any atom is -0.396 e. The minimum atomic E-state index is -4.43. The van der Waals surface area contributed by atoms with Crippen LogP contribution in [0.4, 0.5) is 13.2 Å². The third kappa shape index (κ3) is 2.32. The van der Waals surface area contributed by atoms with E-state index in [-0.39, 0.29) is 18.6 Å². The summed E-state index contributed by atoms with van der Waals surface area (Å²) in [7, 11) is 0. The van der Waals surface area contributed by atoms with Crippen LogP contribution in [0.25, 0.3) is 10.9 Å². The Kier molecular flexibility index (Phi) is 3.18. The molecule has 0 aliphatic carbocycles. The van der Waals surface area contributed by atoms with Gasteiger partial charge in [-0.25, -0.2) is 0 Å². The van der Waals surface area contributed by atoms with E-state index < -0.39 is 11.9 Å². The van der Waals surface area contributed by atoms with Crippen molar-refractivity contribution in [1.82, 2.24) is 4.98 Å². The quantitative estimate of drug-likeness (QED) is 0.875. The van der Waals surface area contributed by atoms with Crippen LogP contribution < -0.4 is 0 Å². The summed E-state index contributed by atoms with van der Waals surface area (Å²) in [5.41, 5.74) is -0.252. The monoisotopic (exact) mass is 307 g/mol. The SMILES string of the molecule is OCCc1c(C(F)(F)F)[nH]c2cc(Br)ccc12. The summed E-state index contributed by atoms with van der Waals surface area (Å²) in [6.45, 7) is -0.313. The molecule has 2 aromatic rings. The van der Waals surface area contributed by atoms with Gasteiger partial charge >= 0.3 is 6.18 Å². The molecule has 0 amide bonds. The molecule has 0 spiro atoms. The van der Waals surface area contributed by atoms with Crippen LogP contribution in [0.1, 0.15) is 11.3 Å². The topological polar surface area (TPSA) is 36.0 Å². The predicted molar refractivity (Wildman–Crippen MR) is 61.8 cm³/mol. The van der Waals surface area contributed by atoms with Gasteiger partial charge in [0.05, 0.1) is 0 Å². The molecule has 0 radical (unpaired) electrons. The number of benzene rings is 1. The largest absolute Gasteiger partial charge is 0.431 e. The smallest absolute Gasteiger partial charge is 0.396 e. The van der Waals surface area contributed by atoms with Crippen LogP contribution in [0.3, 0.4) is 0 Å². The predicted octanol–water partition coefficient (Wildman–Crippen LogP) is 3.48. The molecule has 2 rings (SSSR count). The Balaban J connectivity index is 2.70. The molecule has 17 heavy (non-hydrogen) atoms. The maximum Gasteiger partial charge on any atom is 0.431 e. The second-order valence-electron chi connectivity index (χ2n) is 3.64. The highest BCUT2D eigenvalue weighted by atomic mass is 79.9. The molecule has 0 aliphatic rings. The number of nitrogens with one attached hydrogen (secondary N) is 1. The summed E-state index contributed by atoms with van der Waals surface area (Å²) >= 11 is 3.21. The second-order valence-corrected chi connectivity index (χ2v) is 4.56. The fraction of sp³-hybridized carbons (Fsp3) is 0.273. The lowest BCUT2D eigenvalue weighted by atomic mass is 10.1. The Morgan fingerprint density at radius 3 is 2.59 bits per heavy atom. The average molecular weight is 308 g/mol. The van der Waals surface area contributed by atoms with E-state index >= 15 is 0 Å². The lowest BCUT2D eigenvalue weighted by Crippen LogP contribution is -2.09. The van der Waals surface area contributed by atoms with Gasteiger partial charge in [-0.2, -0.15) is 13.2 Å². The first-order valence-electron chi connectivity index (χ1n) is 4.91. The van der Waals surface area contributed by atoms with Crippen molar-refractivity contribution in [2.24, 2.45) is 0 Å². The van der Waals surface area contributed by atoms with Crippen LogP contribution in [0.5, 0.6) is 0 Å². The molecule has 0 unspecified atom stereocenters. The fourth-order valence-electron chi connectivity index (χ4n) is 1.84. The average Bonchev–Trinajstić information content (AvgIpc) is 2.56. The lowest BCUT2D eigenvalue weighted by Gasteiger charge is -2.06. The third-order valence-corrected chi connectivity index (χ3v) is 3.01. The van der Waals surface area contributed by atoms with Gasteiger partial charge in [0.1, 0.15) is 5.69 Å². The molecule has 2 N–H and O–H groups in total. The van der Waals surface area contributed by atoms with E-state index in [1.165, 1.54) is 0 Å². The first-order chi connectivity index (χ1) is 7.93. The van der Waals surface area contributed by atoms with Crippen LogP contribution in [0.2, 0.25) is 0 Å². The summed E-state index contributed by atoms with van der Waals surface area (Å²) in [5.74, 6) is 0. The molecule has 0 bridgehead atoms. The molecule has 1 aromatic carbocycles. The van der Waals surface area contributed by atoms with Crippen molar-refractivity contribution >= 4 is 26.8 Å². The van der Waals surface area contributed by atoms with Crippen LogP contribution in [-0.4, -0.2) is 16.7 Å². The van der Waals surface area contributed by atoms with Crippen molar-refractivity contribution in [1.29, 1.82) is 0 Å². The Hall–Kier alpha value is -1.01. The molecule has 1 heterocycles. The van der Waals surface area contributed by atoms with Gasteiger partial charge in [0.25, 0.3) is 0 Å². The summed E-state index contributed by atoms with van der Waals surface area (Å²) in [4.78, 5) is 2.36. The van der Waals surface area contributed by atoms with Crippen molar-refractivity contribution in [3.8, 4) is 0 Å². The number of H-pyrrole nitrogens is 1. The van der Waals surface area contributed by atoms with Gasteiger partial charge in [-0.05, 0) is 24.1 Å². The Morgan fingerprint density at radius 1 is 1.29 bits per heavy atom. The Labute approximate surface area is 104 Å². The molecule has 0 saturated heterocycles. The number of aromatic nitrogens is 1. The number of aromatic amines is 1. The lowest BCUT2D eigenvalue weighted by molar-refractivity contribution is -0.141. The summed E-state index contributed by atoms with van der Waals surface area (Å²) < 4.78 is 39.1. The maximum atomic E-state index is 12.8. The van der Waals surface area contributed by atoms with Gasteiger partial charge in [0, 0.05) is 22.0 Å². The number of fused-ring (bicyclic) bond motifs is 1. The van der Waals surface area contributed by atoms with Crippen molar-refractivity contribution < 1.29 is 18.3 Å². The molecule has 92 valence electrons. The van der Waals surface area contributed by atoms with Gasteiger partial charge in [-0.15, -0.1) is 0 Å². The Morgan fingerprint density at radius 2 is 2.00 bits per heavy atom. The van der Waals surface area contributed by atoms with E-state index in [1.807, 2.05) is 0 Å². The number of alkyl halides is 3. The first-order valence-corrected chi connectivity index (χ1v) is 5.71. The number of rotatable bonds is 2. The number of aliphatic hydroxyl groups is 1. The minimum absolute atomic E-state index is 0.0174. The molecule has 2 nitrogen and oxygen atoms in total.